The van der Waals surface area contributed by atoms with E-state index in [0.717, 1.165) is 77.0 Å². The van der Waals surface area contributed by atoms with Crippen LogP contribution in [-0.4, -0.2) is 23.8 Å². The van der Waals surface area contributed by atoms with Crippen LogP contribution in [0.25, 0.3) is 77.0 Å². The number of imidazole rings is 2. The van der Waals surface area contributed by atoms with Crippen LogP contribution in [0.4, 0.5) is 0 Å². The Balaban J connectivity index is 0.00000314. The van der Waals surface area contributed by atoms with Crippen molar-refractivity contribution < 1.29 is 25.8 Å². The third-order valence-electron chi connectivity index (χ3n) is 8.92. The molecule has 48 heavy (non-hydrogen) atoms. The summed E-state index contributed by atoms with van der Waals surface area (Å²) < 4.78 is 10.7. The summed E-state index contributed by atoms with van der Waals surface area (Å²) in [6.45, 7) is 0. The summed E-state index contributed by atoms with van der Waals surface area (Å²) in [5.74, 6) is 1.16. The van der Waals surface area contributed by atoms with E-state index < -0.39 is 0 Å². The maximum Gasteiger partial charge on any atom is 2.00 e. The molecular formula is C41H23N5OPt. The van der Waals surface area contributed by atoms with Gasteiger partial charge in [0.1, 0.15) is 0 Å². The number of nitrogens with zero attached hydrogens (tertiary/aromatic N) is 5. The molecular weight excluding hydrogens is 774 g/mol. The fourth-order valence-corrected chi connectivity index (χ4v) is 6.85. The van der Waals surface area contributed by atoms with E-state index in [0.29, 0.717) is 11.5 Å². The summed E-state index contributed by atoms with van der Waals surface area (Å²) in [6.07, 6.45) is 9.43. The van der Waals surface area contributed by atoms with E-state index in [9.17, 15) is 0 Å². The monoisotopic (exact) mass is 796 g/mol. The van der Waals surface area contributed by atoms with Gasteiger partial charge < -0.3 is 13.5 Å². The van der Waals surface area contributed by atoms with Crippen molar-refractivity contribution in [2.75, 3.05) is 0 Å². The van der Waals surface area contributed by atoms with Crippen molar-refractivity contribution in [1.82, 2.24) is 23.8 Å². The van der Waals surface area contributed by atoms with E-state index >= 15 is 0 Å². The molecule has 10 rings (SSSR count). The second-order valence-electron chi connectivity index (χ2n) is 11.6. The van der Waals surface area contributed by atoms with Gasteiger partial charge >= 0.3 is 21.1 Å². The third kappa shape index (κ3) is 4.34. The van der Waals surface area contributed by atoms with E-state index in [1.165, 1.54) is 0 Å². The molecule has 6 nitrogen and oxygen atoms in total. The summed E-state index contributed by atoms with van der Waals surface area (Å²) in [7, 11) is 0. The minimum absolute atomic E-state index is 0. The normalized spacial score (nSPS) is 11.6. The number of hydrogen-bond acceptors (Lipinski definition) is 4. The number of pyridine rings is 3. The fraction of sp³-hybridized carbons (Fsp3) is 0. The molecule has 0 unspecified atom stereocenters. The van der Waals surface area contributed by atoms with Gasteiger partial charge in [-0.1, -0.05) is 113 Å². The average molecular weight is 797 g/mol. The molecule has 0 radical (unpaired) electrons. The molecule has 0 saturated heterocycles. The molecule has 0 aliphatic heterocycles. The van der Waals surface area contributed by atoms with Crippen LogP contribution in [0.1, 0.15) is 0 Å². The zero-order valence-electron chi connectivity index (χ0n) is 25.2. The van der Waals surface area contributed by atoms with Crippen LogP contribution >= 0.6 is 0 Å². The van der Waals surface area contributed by atoms with Crippen LogP contribution in [0.2, 0.25) is 0 Å². The van der Waals surface area contributed by atoms with Gasteiger partial charge in [-0.15, -0.1) is 12.1 Å². The Hall–Kier alpha value is -5.84. The van der Waals surface area contributed by atoms with Gasteiger partial charge in [-0.2, -0.15) is 0 Å². The predicted octanol–water partition coefficient (Wildman–Crippen LogP) is 9.71. The molecule has 0 fully saturated rings. The Labute approximate surface area is 289 Å². The van der Waals surface area contributed by atoms with Gasteiger partial charge in [0.25, 0.3) is 0 Å². The van der Waals surface area contributed by atoms with Gasteiger partial charge in [0.2, 0.25) is 0 Å². The van der Waals surface area contributed by atoms with E-state index in [4.69, 9.17) is 9.72 Å². The van der Waals surface area contributed by atoms with Crippen LogP contribution in [0.5, 0.6) is 11.5 Å². The quantitative estimate of drug-likeness (QED) is 0.132. The molecule has 5 heterocycles. The van der Waals surface area contributed by atoms with Gasteiger partial charge in [0, 0.05) is 53.6 Å². The molecule has 0 aliphatic rings. The number of fused-ring (bicyclic) bond motifs is 12. The Kier molecular flexibility index (Phi) is 6.59. The number of benzene rings is 5. The first-order valence-electron chi connectivity index (χ1n) is 15.4. The Bertz CT molecular complexity index is 2830. The van der Waals surface area contributed by atoms with Gasteiger partial charge in [-0.25, -0.2) is 0 Å². The molecule has 0 N–H and O–H groups in total. The summed E-state index contributed by atoms with van der Waals surface area (Å²) in [6, 6.07) is 44.7. The molecule has 0 atom stereocenters. The van der Waals surface area contributed by atoms with Crippen LogP contribution in [0.3, 0.4) is 0 Å². The summed E-state index contributed by atoms with van der Waals surface area (Å²) in [5, 5.41) is 4.88. The van der Waals surface area contributed by atoms with E-state index in [1.807, 2.05) is 59.5 Å². The predicted molar refractivity (Wildman–Crippen MR) is 187 cm³/mol. The van der Waals surface area contributed by atoms with Crippen molar-refractivity contribution in [3.8, 4) is 33.8 Å². The number of rotatable bonds is 4. The molecule has 5 aromatic heterocycles. The molecule has 0 saturated carbocycles. The van der Waals surface area contributed by atoms with Crippen molar-refractivity contribution in [2.24, 2.45) is 0 Å². The molecule has 0 spiro atoms. The van der Waals surface area contributed by atoms with Gasteiger partial charge in [0.05, 0.1) is 22.3 Å². The first-order valence-corrected chi connectivity index (χ1v) is 15.4. The molecule has 0 aliphatic carbocycles. The fourth-order valence-electron chi connectivity index (χ4n) is 6.85. The SMILES string of the molecule is [Pt+2].[c-]1c(Oc2[c-]c3c(cc2)c2cc(-c4ccccc4)cc(-c4ccccc4)c2n2ccnc32)ccc2c1c1nccn1c1cccnc21. The van der Waals surface area contributed by atoms with Crippen LogP contribution < -0.4 is 4.74 Å². The molecule has 7 heteroatoms. The van der Waals surface area contributed by atoms with Crippen molar-refractivity contribution in [3.63, 3.8) is 0 Å². The van der Waals surface area contributed by atoms with Crippen molar-refractivity contribution in [2.45, 2.75) is 0 Å². The maximum atomic E-state index is 6.45. The van der Waals surface area contributed by atoms with Crippen molar-refractivity contribution >= 4 is 54.8 Å². The van der Waals surface area contributed by atoms with Gasteiger partial charge in [-0.3, -0.25) is 15.0 Å². The van der Waals surface area contributed by atoms with Gasteiger partial charge in [0.15, 0.2) is 0 Å². The van der Waals surface area contributed by atoms with Crippen molar-refractivity contribution in [3.05, 3.63) is 152 Å². The van der Waals surface area contributed by atoms with Crippen LogP contribution in [0.15, 0.2) is 140 Å². The zero-order valence-corrected chi connectivity index (χ0v) is 27.5. The first-order chi connectivity index (χ1) is 23.3. The molecule has 0 amide bonds. The molecule has 228 valence electrons. The molecule has 10 aromatic rings. The first kappa shape index (κ1) is 28.4. The molecule has 0 bridgehead atoms. The minimum Gasteiger partial charge on any atom is -0.497 e. The Morgan fingerprint density at radius 3 is 1.92 bits per heavy atom. The Morgan fingerprint density at radius 1 is 0.521 bits per heavy atom. The van der Waals surface area contributed by atoms with E-state index in [2.05, 4.69) is 105 Å². The number of aromatic nitrogens is 5. The minimum atomic E-state index is 0. The van der Waals surface area contributed by atoms with E-state index in [1.54, 1.807) is 6.20 Å². The smallest absolute Gasteiger partial charge is 0.497 e. The maximum absolute atomic E-state index is 6.45. The van der Waals surface area contributed by atoms with E-state index in [-0.39, 0.29) is 21.1 Å². The number of hydrogen-bond donors (Lipinski definition) is 0. The number of ether oxygens (including phenoxy) is 1. The second-order valence-corrected chi connectivity index (χ2v) is 11.6. The summed E-state index contributed by atoms with van der Waals surface area (Å²) in [4.78, 5) is 14.1. The largest absolute Gasteiger partial charge is 2.00 e. The van der Waals surface area contributed by atoms with Crippen molar-refractivity contribution in [1.29, 1.82) is 0 Å². The average Bonchev–Trinajstić information content (AvgIpc) is 3.84. The summed E-state index contributed by atoms with van der Waals surface area (Å²) >= 11 is 0. The second kappa shape index (κ2) is 11.1. The zero-order chi connectivity index (χ0) is 30.9. The third-order valence-corrected chi connectivity index (χ3v) is 8.92. The topological polar surface area (TPSA) is 56.7 Å². The summed E-state index contributed by atoms with van der Waals surface area (Å²) in [5.41, 5.74) is 9.23. The van der Waals surface area contributed by atoms with Crippen LogP contribution in [-0.2, 0) is 21.1 Å². The van der Waals surface area contributed by atoms with Gasteiger partial charge in [-0.05, 0) is 40.3 Å². The Morgan fingerprint density at radius 2 is 1.17 bits per heavy atom. The molecule has 5 aromatic carbocycles. The van der Waals surface area contributed by atoms with Crippen LogP contribution in [0, 0.1) is 12.1 Å². The standard InChI is InChI=1S/C41H23N5O.Pt/c1-3-8-26(9-4-1)28-22-33(27-10-5-2-6-11-27)39-34(23-28)31-15-13-29(24-35(31)41-44-19-21-46(39)41)47-30-14-16-32-36(25-30)40-43-18-20-45(40)37-12-7-17-42-38(32)37;/h1-23H;/q-2;+2.